The Kier molecular flexibility index (Phi) is 3.65. The van der Waals surface area contributed by atoms with Crippen LogP contribution in [0.5, 0.6) is 0 Å². The SMILES string of the molecule is COC1(c2nc3c(c(C(F)(F)F)n2)CCNC3)CCCC1. The number of alkyl halides is 3. The first-order valence-corrected chi connectivity index (χ1v) is 7.20. The second kappa shape index (κ2) is 5.21. The molecule has 0 aromatic carbocycles. The van der Waals surface area contributed by atoms with Crippen LogP contribution in [0, 0.1) is 0 Å². The molecular weight excluding hydrogens is 283 g/mol. The molecule has 1 aliphatic carbocycles. The number of ether oxygens (including phenoxy) is 1. The summed E-state index contributed by atoms with van der Waals surface area (Å²) < 4.78 is 45.5. The number of rotatable bonds is 2. The Hall–Kier alpha value is -1.21. The van der Waals surface area contributed by atoms with E-state index in [1.807, 2.05) is 0 Å². The molecule has 0 unspecified atom stereocenters. The molecule has 2 aliphatic rings. The van der Waals surface area contributed by atoms with E-state index in [0.717, 1.165) is 12.8 Å². The molecule has 21 heavy (non-hydrogen) atoms. The van der Waals surface area contributed by atoms with E-state index in [0.29, 0.717) is 38.0 Å². The lowest BCUT2D eigenvalue weighted by Gasteiger charge is -2.29. The van der Waals surface area contributed by atoms with Crippen molar-refractivity contribution in [3.05, 3.63) is 22.8 Å². The Labute approximate surface area is 121 Å². The topological polar surface area (TPSA) is 47.0 Å². The zero-order valence-electron chi connectivity index (χ0n) is 11.9. The molecule has 1 N–H and O–H groups in total. The van der Waals surface area contributed by atoms with Crippen molar-refractivity contribution in [2.75, 3.05) is 13.7 Å². The third-order valence-corrected chi connectivity index (χ3v) is 4.41. The van der Waals surface area contributed by atoms with Gasteiger partial charge in [0.2, 0.25) is 0 Å². The van der Waals surface area contributed by atoms with Crippen LogP contribution in [0.1, 0.15) is 48.5 Å². The molecule has 3 rings (SSSR count). The average molecular weight is 301 g/mol. The first-order valence-electron chi connectivity index (χ1n) is 7.20. The minimum absolute atomic E-state index is 0.192. The van der Waals surface area contributed by atoms with Gasteiger partial charge in [-0.2, -0.15) is 13.2 Å². The molecule has 1 saturated carbocycles. The highest BCUT2D eigenvalue weighted by atomic mass is 19.4. The van der Waals surface area contributed by atoms with Gasteiger partial charge in [0.05, 0.1) is 5.69 Å². The lowest BCUT2D eigenvalue weighted by molar-refractivity contribution is -0.142. The van der Waals surface area contributed by atoms with Crippen molar-refractivity contribution < 1.29 is 17.9 Å². The molecular formula is C14H18F3N3O. The minimum Gasteiger partial charge on any atom is -0.370 e. The van der Waals surface area contributed by atoms with Crippen molar-refractivity contribution in [1.29, 1.82) is 0 Å². The van der Waals surface area contributed by atoms with Gasteiger partial charge in [-0.25, -0.2) is 9.97 Å². The summed E-state index contributed by atoms with van der Waals surface area (Å²) in [6.45, 7) is 0.877. The van der Waals surface area contributed by atoms with Crippen LogP contribution in [0.25, 0.3) is 0 Å². The molecule has 0 saturated heterocycles. The second-order valence-electron chi connectivity index (χ2n) is 5.65. The van der Waals surface area contributed by atoms with Gasteiger partial charge in [0, 0.05) is 19.2 Å². The van der Waals surface area contributed by atoms with Gasteiger partial charge in [-0.05, 0) is 38.6 Å². The van der Waals surface area contributed by atoms with E-state index in [4.69, 9.17) is 4.74 Å². The maximum absolute atomic E-state index is 13.3. The first-order chi connectivity index (χ1) is 9.96. The Morgan fingerprint density at radius 2 is 1.90 bits per heavy atom. The smallest absolute Gasteiger partial charge is 0.370 e. The number of halogens is 3. The summed E-state index contributed by atoms with van der Waals surface area (Å²) in [4.78, 5) is 8.31. The molecule has 0 bridgehead atoms. The van der Waals surface area contributed by atoms with E-state index in [9.17, 15) is 13.2 Å². The second-order valence-corrected chi connectivity index (χ2v) is 5.65. The van der Waals surface area contributed by atoms with Crippen molar-refractivity contribution in [3.8, 4) is 0 Å². The standard InChI is InChI=1S/C14H18F3N3O/c1-21-13(5-2-3-6-13)12-19-10-8-18-7-4-9(10)11(20-12)14(15,16)17/h18H,2-8H2,1H3. The first kappa shape index (κ1) is 14.7. The molecule has 0 atom stereocenters. The fraction of sp³-hybridized carbons (Fsp3) is 0.714. The molecule has 4 nitrogen and oxygen atoms in total. The van der Waals surface area contributed by atoms with Crippen molar-refractivity contribution in [2.24, 2.45) is 0 Å². The summed E-state index contributed by atoms with van der Waals surface area (Å²) in [6.07, 6.45) is -0.946. The van der Waals surface area contributed by atoms with Crippen LogP contribution >= 0.6 is 0 Å². The van der Waals surface area contributed by atoms with Gasteiger partial charge >= 0.3 is 6.18 Å². The third kappa shape index (κ3) is 2.53. The van der Waals surface area contributed by atoms with Crippen LogP contribution < -0.4 is 5.32 Å². The van der Waals surface area contributed by atoms with Gasteiger partial charge < -0.3 is 10.1 Å². The van der Waals surface area contributed by atoms with Crippen LogP contribution in [0.3, 0.4) is 0 Å². The molecule has 116 valence electrons. The van der Waals surface area contributed by atoms with Crippen LogP contribution in [0.2, 0.25) is 0 Å². The highest BCUT2D eigenvalue weighted by molar-refractivity contribution is 5.31. The Morgan fingerprint density at radius 3 is 2.52 bits per heavy atom. The number of methoxy groups -OCH3 is 1. The third-order valence-electron chi connectivity index (χ3n) is 4.41. The van der Waals surface area contributed by atoms with E-state index in [-0.39, 0.29) is 11.4 Å². The van der Waals surface area contributed by atoms with E-state index in [1.165, 1.54) is 7.11 Å². The minimum atomic E-state index is -4.45. The number of aromatic nitrogens is 2. The molecule has 0 amide bonds. The predicted molar refractivity (Wildman–Crippen MR) is 69.6 cm³/mol. The lowest BCUT2D eigenvalue weighted by Crippen LogP contribution is -2.34. The average Bonchev–Trinajstić information content (AvgIpc) is 2.95. The number of hydrogen-bond donors (Lipinski definition) is 1. The van der Waals surface area contributed by atoms with Crippen molar-refractivity contribution in [3.63, 3.8) is 0 Å². The van der Waals surface area contributed by atoms with Crippen molar-refractivity contribution >= 4 is 0 Å². The number of nitrogens with zero attached hydrogens (tertiary/aromatic N) is 2. The van der Waals surface area contributed by atoms with Gasteiger partial charge in [0.25, 0.3) is 0 Å². The van der Waals surface area contributed by atoms with Crippen LogP contribution in [0.4, 0.5) is 13.2 Å². The molecule has 2 heterocycles. The van der Waals surface area contributed by atoms with E-state index >= 15 is 0 Å². The maximum atomic E-state index is 13.3. The van der Waals surface area contributed by atoms with E-state index in [1.54, 1.807) is 0 Å². The van der Waals surface area contributed by atoms with Crippen molar-refractivity contribution in [2.45, 2.75) is 50.4 Å². The molecule has 0 spiro atoms. The fourth-order valence-electron chi connectivity index (χ4n) is 3.26. The molecule has 7 heteroatoms. The summed E-state index contributed by atoms with van der Waals surface area (Å²) in [5.74, 6) is 0.192. The predicted octanol–water partition coefficient (Wildman–Crippen LogP) is 2.56. The molecule has 1 aromatic rings. The fourth-order valence-corrected chi connectivity index (χ4v) is 3.26. The van der Waals surface area contributed by atoms with Gasteiger partial charge in [0.15, 0.2) is 11.5 Å². The highest BCUT2D eigenvalue weighted by Gasteiger charge is 2.43. The molecule has 1 aromatic heterocycles. The summed E-state index contributed by atoms with van der Waals surface area (Å²) in [5.41, 5.74) is -0.851. The largest absolute Gasteiger partial charge is 0.433 e. The zero-order valence-corrected chi connectivity index (χ0v) is 11.9. The van der Waals surface area contributed by atoms with Gasteiger partial charge in [-0.3, -0.25) is 0 Å². The summed E-state index contributed by atoms with van der Waals surface area (Å²) in [5, 5.41) is 3.07. The Balaban J connectivity index is 2.14. The Morgan fingerprint density at radius 1 is 1.19 bits per heavy atom. The highest BCUT2D eigenvalue weighted by Crippen LogP contribution is 2.42. The molecule has 0 radical (unpaired) electrons. The number of fused-ring (bicyclic) bond motifs is 1. The normalized spacial score (nSPS) is 21.3. The van der Waals surface area contributed by atoms with Crippen LogP contribution in [-0.4, -0.2) is 23.6 Å². The number of hydrogen-bond acceptors (Lipinski definition) is 4. The number of nitrogens with one attached hydrogen (secondary N) is 1. The van der Waals surface area contributed by atoms with E-state index in [2.05, 4.69) is 15.3 Å². The summed E-state index contributed by atoms with van der Waals surface area (Å²) >= 11 is 0. The van der Waals surface area contributed by atoms with Crippen LogP contribution in [0.15, 0.2) is 0 Å². The maximum Gasteiger partial charge on any atom is 0.433 e. The van der Waals surface area contributed by atoms with Gasteiger partial charge in [0.1, 0.15) is 5.60 Å². The lowest BCUT2D eigenvalue weighted by atomic mass is 9.98. The van der Waals surface area contributed by atoms with Gasteiger partial charge in [-0.15, -0.1) is 0 Å². The van der Waals surface area contributed by atoms with Crippen molar-refractivity contribution in [1.82, 2.24) is 15.3 Å². The monoisotopic (exact) mass is 301 g/mol. The van der Waals surface area contributed by atoms with Crippen LogP contribution in [-0.2, 0) is 29.5 Å². The Bertz CT molecular complexity index is 539. The summed E-state index contributed by atoms with van der Waals surface area (Å²) in [7, 11) is 1.53. The quantitative estimate of drug-likeness (QED) is 0.912. The van der Waals surface area contributed by atoms with E-state index < -0.39 is 17.5 Å². The molecule has 1 aliphatic heterocycles. The zero-order chi connectivity index (χ0) is 15.1. The molecule has 1 fully saturated rings. The summed E-state index contributed by atoms with van der Waals surface area (Å²) in [6, 6.07) is 0. The van der Waals surface area contributed by atoms with Gasteiger partial charge in [-0.1, -0.05) is 0 Å².